The van der Waals surface area contributed by atoms with Crippen LogP contribution in [0.4, 0.5) is 5.69 Å². The number of nitrogens with one attached hydrogen (secondary N) is 1. The summed E-state index contributed by atoms with van der Waals surface area (Å²) in [6.45, 7) is 3.79. The number of carbonyl (C=O) groups is 2. The van der Waals surface area contributed by atoms with Gasteiger partial charge in [0.05, 0.1) is 18.8 Å². The van der Waals surface area contributed by atoms with Gasteiger partial charge in [0, 0.05) is 5.69 Å². The average molecular weight is 380 g/mol. The maximum atomic E-state index is 12.4. The molecule has 7 heteroatoms. The largest absolute Gasteiger partial charge is 0.493 e. The minimum Gasteiger partial charge on any atom is -0.493 e. The van der Waals surface area contributed by atoms with Crippen LogP contribution in [0.5, 0.6) is 11.5 Å². The molecule has 0 spiro atoms. The number of anilines is 1. The predicted molar refractivity (Wildman–Crippen MR) is 104 cm³/mol. The van der Waals surface area contributed by atoms with Gasteiger partial charge < -0.3 is 19.9 Å². The number of carboxylic acid groups (broad SMARTS) is 1. The summed E-state index contributed by atoms with van der Waals surface area (Å²) in [7, 11) is 1.51. The molecule has 1 amide bonds. The molecule has 2 aromatic carbocycles. The van der Waals surface area contributed by atoms with E-state index in [9.17, 15) is 14.9 Å². The Balaban J connectivity index is 2.21. The summed E-state index contributed by atoms with van der Waals surface area (Å²) >= 11 is 0. The van der Waals surface area contributed by atoms with Crippen LogP contribution in [-0.4, -0.2) is 30.2 Å². The third-order valence-corrected chi connectivity index (χ3v) is 3.62. The zero-order chi connectivity index (χ0) is 20.7. The zero-order valence-corrected chi connectivity index (χ0v) is 15.7. The molecule has 0 aromatic heterocycles. The number of nitriles is 1. The number of carbonyl (C=O) groups excluding carboxylic acids is 1. The van der Waals surface area contributed by atoms with Gasteiger partial charge in [0.2, 0.25) is 0 Å². The molecule has 2 N–H and O–H groups in total. The fourth-order valence-corrected chi connectivity index (χ4v) is 2.34. The highest BCUT2D eigenvalue weighted by Gasteiger charge is 2.12. The number of benzene rings is 2. The molecular formula is C21H20N2O5. The van der Waals surface area contributed by atoms with Crippen molar-refractivity contribution >= 4 is 23.6 Å². The summed E-state index contributed by atoms with van der Waals surface area (Å²) in [6.07, 6.45) is 1.41. The highest BCUT2D eigenvalue weighted by molar-refractivity contribution is 6.09. The van der Waals surface area contributed by atoms with Gasteiger partial charge in [-0.05, 0) is 61.9 Å². The molecule has 2 aromatic rings. The molecule has 2 rings (SSSR count). The van der Waals surface area contributed by atoms with Crippen molar-refractivity contribution in [1.29, 1.82) is 5.26 Å². The van der Waals surface area contributed by atoms with Crippen molar-refractivity contribution in [3.05, 3.63) is 59.2 Å². The van der Waals surface area contributed by atoms with E-state index in [4.69, 9.17) is 14.6 Å². The molecule has 0 aliphatic rings. The van der Waals surface area contributed by atoms with Gasteiger partial charge in [-0.3, -0.25) is 4.79 Å². The van der Waals surface area contributed by atoms with Gasteiger partial charge in [-0.25, -0.2) is 4.79 Å². The molecule has 0 radical (unpaired) electrons. The molecule has 0 aliphatic heterocycles. The minimum absolute atomic E-state index is 0.0248. The Morgan fingerprint density at radius 3 is 2.36 bits per heavy atom. The van der Waals surface area contributed by atoms with Crippen molar-refractivity contribution in [2.75, 3.05) is 12.4 Å². The molecule has 0 bridgehead atoms. The quantitative estimate of drug-likeness (QED) is 0.560. The van der Waals surface area contributed by atoms with E-state index >= 15 is 0 Å². The number of nitrogens with zero attached hydrogens (tertiary/aromatic N) is 1. The highest BCUT2D eigenvalue weighted by Crippen LogP contribution is 2.29. The molecule has 7 nitrogen and oxygen atoms in total. The van der Waals surface area contributed by atoms with Crippen LogP contribution < -0.4 is 14.8 Å². The molecule has 0 atom stereocenters. The maximum absolute atomic E-state index is 12.4. The minimum atomic E-state index is -1.06. The van der Waals surface area contributed by atoms with Crippen LogP contribution in [0.25, 0.3) is 6.08 Å². The lowest BCUT2D eigenvalue weighted by atomic mass is 10.1. The molecule has 0 saturated carbocycles. The fourth-order valence-electron chi connectivity index (χ4n) is 2.34. The number of amides is 1. The Morgan fingerprint density at radius 2 is 1.82 bits per heavy atom. The topological polar surface area (TPSA) is 109 Å². The number of hydrogen-bond acceptors (Lipinski definition) is 5. The first kappa shape index (κ1) is 20.5. The van der Waals surface area contributed by atoms with Crippen LogP contribution in [0, 0.1) is 11.3 Å². The second-order valence-corrected chi connectivity index (χ2v) is 6.08. The van der Waals surface area contributed by atoms with E-state index < -0.39 is 11.9 Å². The Hall–Kier alpha value is -3.79. The number of rotatable bonds is 7. The van der Waals surface area contributed by atoms with Gasteiger partial charge in [-0.2, -0.15) is 5.26 Å². The van der Waals surface area contributed by atoms with E-state index in [0.717, 1.165) is 0 Å². The third kappa shape index (κ3) is 5.35. The molecular weight excluding hydrogens is 360 g/mol. The van der Waals surface area contributed by atoms with Crippen LogP contribution in [0.15, 0.2) is 48.0 Å². The van der Waals surface area contributed by atoms with E-state index in [2.05, 4.69) is 5.32 Å². The molecule has 0 aliphatic carbocycles. The molecule has 0 saturated heterocycles. The first-order valence-corrected chi connectivity index (χ1v) is 8.45. The summed E-state index contributed by atoms with van der Waals surface area (Å²) in [5.41, 5.74) is 0.974. The van der Waals surface area contributed by atoms with Gasteiger partial charge in [0.15, 0.2) is 11.5 Å². The second kappa shape index (κ2) is 9.24. The summed E-state index contributed by atoms with van der Waals surface area (Å²) in [4.78, 5) is 23.2. The van der Waals surface area contributed by atoms with Crippen molar-refractivity contribution < 1.29 is 24.2 Å². The Kier molecular flexibility index (Phi) is 6.77. The Bertz CT molecular complexity index is 940. The Labute approximate surface area is 162 Å². The van der Waals surface area contributed by atoms with Gasteiger partial charge in [-0.1, -0.05) is 6.07 Å². The van der Waals surface area contributed by atoms with Gasteiger partial charge in [0.1, 0.15) is 11.6 Å². The van der Waals surface area contributed by atoms with Crippen LogP contribution in [0.2, 0.25) is 0 Å². The molecule has 0 heterocycles. The first-order valence-electron chi connectivity index (χ1n) is 8.45. The summed E-state index contributed by atoms with van der Waals surface area (Å²) in [5, 5.41) is 20.8. The number of ether oxygens (including phenoxy) is 2. The van der Waals surface area contributed by atoms with Crippen LogP contribution >= 0.6 is 0 Å². The zero-order valence-electron chi connectivity index (χ0n) is 15.7. The van der Waals surface area contributed by atoms with E-state index in [1.54, 1.807) is 18.2 Å². The van der Waals surface area contributed by atoms with Crippen molar-refractivity contribution in [3.8, 4) is 17.6 Å². The second-order valence-electron chi connectivity index (χ2n) is 6.08. The van der Waals surface area contributed by atoms with Gasteiger partial charge in [-0.15, -0.1) is 0 Å². The summed E-state index contributed by atoms with van der Waals surface area (Å²) in [6, 6.07) is 12.6. The monoisotopic (exact) mass is 380 g/mol. The normalized spacial score (nSPS) is 10.9. The highest BCUT2D eigenvalue weighted by atomic mass is 16.5. The molecule has 0 fully saturated rings. The van der Waals surface area contributed by atoms with Crippen molar-refractivity contribution in [1.82, 2.24) is 0 Å². The molecule has 0 unspecified atom stereocenters. The van der Waals surface area contributed by atoms with Crippen molar-refractivity contribution in [3.63, 3.8) is 0 Å². The molecule has 28 heavy (non-hydrogen) atoms. The number of aromatic carboxylic acids is 1. The lowest BCUT2D eigenvalue weighted by molar-refractivity contribution is -0.112. The fraction of sp³-hybridized carbons (Fsp3) is 0.190. The number of hydrogen-bond donors (Lipinski definition) is 2. The predicted octanol–water partition coefficient (Wildman–Crippen LogP) is 3.73. The maximum Gasteiger partial charge on any atom is 0.335 e. The number of methoxy groups -OCH3 is 1. The Morgan fingerprint density at radius 1 is 1.14 bits per heavy atom. The first-order chi connectivity index (χ1) is 13.3. The third-order valence-electron chi connectivity index (χ3n) is 3.62. The van der Waals surface area contributed by atoms with E-state index in [-0.39, 0.29) is 17.2 Å². The van der Waals surface area contributed by atoms with E-state index in [0.29, 0.717) is 22.7 Å². The number of carboxylic acids is 1. The lowest BCUT2D eigenvalue weighted by Crippen LogP contribution is -2.13. The van der Waals surface area contributed by atoms with Gasteiger partial charge in [0.25, 0.3) is 5.91 Å². The smallest absolute Gasteiger partial charge is 0.335 e. The van der Waals surface area contributed by atoms with E-state index in [1.165, 1.54) is 37.5 Å². The SMILES string of the molecule is COc1cc(C=C(C#N)C(=O)Nc2ccc(C(=O)O)cc2)ccc1OC(C)C. The van der Waals surface area contributed by atoms with Crippen LogP contribution in [0.1, 0.15) is 29.8 Å². The average Bonchev–Trinajstić information content (AvgIpc) is 2.66. The van der Waals surface area contributed by atoms with Gasteiger partial charge >= 0.3 is 5.97 Å². The van der Waals surface area contributed by atoms with Crippen LogP contribution in [0.3, 0.4) is 0 Å². The lowest BCUT2D eigenvalue weighted by Gasteiger charge is -2.13. The molecule has 144 valence electrons. The summed E-state index contributed by atoms with van der Waals surface area (Å²) < 4.78 is 10.9. The standard InChI is InChI=1S/C21H20N2O5/c1-13(2)28-18-9-4-14(11-19(18)27-3)10-16(12-22)20(24)23-17-7-5-15(6-8-17)21(25)26/h4-11,13H,1-3H3,(H,23,24)(H,25,26). The van der Waals surface area contributed by atoms with Crippen molar-refractivity contribution in [2.24, 2.45) is 0 Å². The van der Waals surface area contributed by atoms with Crippen molar-refractivity contribution in [2.45, 2.75) is 20.0 Å². The van der Waals surface area contributed by atoms with Crippen LogP contribution in [-0.2, 0) is 4.79 Å². The summed E-state index contributed by atoms with van der Waals surface area (Å²) in [5.74, 6) is -0.609. The van der Waals surface area contributed by atoms with E-state index in [1.807, 2.05) is 19.9 Å².